The molecule has 0 bridgehead atoms. The maximum Gasteiger partial charge on any atom is 0.274 e. The number of hydrogen-bond donors (Lipinski definition) is 1. The van der Waals surface area contributed by atoms with E-state index >= 15 is 0 Å². The van der Waals surface area contributed by atoms with Crippen LogP contribution in [0.2, 0.25) is 0 Å². The molecule has 0 atom stereocenters. The summed E-state index contributed by atoms with van der Waals surface area (Å²) in [4.78, 5) is 10.6. The number of halogens is 1. The van der Waals surface area contributed by atoms with Crippen molar-refractivity contribution >= 4 is 27.3 Å². The molecule has 0 radical (unpaired) electrons. The maximum atomic E-state index is 10.9. The highest BCUT2D eigenvalue weighted by Crippen LogP contribution is 2.23. The van der Waals surface area contributed by atoms with E-state index < -0.39 is 0 Å². The first-order valence-electron chi connectivity index (χ1n) is 5.80. The fourth-order valence-corrected chi connectivity index (χ4v) is 2.17. The number of hydrogen-bond acceptors (Lipinski definition) is 3. The van der Waals surface area contributed by atoms with Crippen LogP contribution in [0.15, 0.2) is 46.9 Å². The average molecular weight is 321 g/mol. The zero-order valence-corrected chi connectivity index (χ0v) is 12.0. The van der Waals surface area contributed by atoms with Crippen LogP contribution in [0, 0.1) is 17.0 Å². The normalized spacial score (nSPS) is 10.2. The van der Waals surface area contributed by atoms with E-state index in [1.807, 2.05) is 25.1 Å². The summed E-state index contributed by atoms with van der Waals surface area (Å²) in [5.74, 6) is 0. The van der Waals surface area contributed by atoms with Gasteiger partial charge in [-0.3, -0.25) is 10.1 Å². The van der Waals surface area contributed by atoms with Gasteiger partial charge in [-0.1, -0.05) is 40.2 Å². The topological polar surface area (TPSA) is 55.2 Å². The number of rotatable bonds is 4. The predicted octanol–water partition coefficient (Wildman–Crippen LogP) is 4.28. The monoisotopic (exact) mass is 320 g/mol. The Morgan fingerprint density at radius 2 is 2.00 bits per heavy atom. The van der Waals surface area contributed by atoms with Crippen LogP contribution in [0.25, 0.3) is 0 Å². The number of nitrogens with zero attached hydrogens (tertiary/aromatic N) is 1. The third-order valence-corrected chi connectivity index (χ3v) is 3.35. The third-order valence-electron chi connectivity index (χ3n) is 2.86. The molecule has 0 amide bonds. The van der Waals surface area contributed by atoms with Crippen LogP contribution in [-0.4, -0.2) is 4.92 Å². The number of benzene rings is 2. The third kappa shape index (κ3) is 3.32. The van der Waals surface area contributed by atoms with E-state index in [1.54, 1.807) is 18.2 Å². The lowest BCUT2D eigenvalue weighted by molar-refractivity contribution is -0.385. The van der Waals surface area contributed by atoms with E-state index in [2.05, 4.69) is 21.2 Å². The standard InChI is InChI=1S/C14H13BrN2O2/c1-10-6-7-12(15)8-13(10)16-9-11-4-2-3-5-14(11)17(18)19/h2-8,16H,9H2,1H3. The van der Waals surface area contributed by atoms with Gasteiger partial charge in [-0.05, 0) is 24.6 Å². The van der Waals surface area contributed by atoms with Crippen LogP contribution in [0.4, 0.5) is 11.4 Å². The van der Waals surface area contributed by atoms with Crippen molar-refractivity contribution in [3.05, 3.63) is 68.2 Å². The first kappa shape index (κ1) is 13.5. The lowest BCUT2D eigenvalue weighted by Gasteiger charge is -2.10. The van der Waals surface area contributed by atoms with Crippen molar-refractivity contribution in [1.82, 2.24) is 0 Å². The minimum Gasteiger partial charge on any atom is -0.380 e. The number of nitrogens with one attached hydrogen (secondary N) is 1. The fourth-order valence-electron chi connectivity index (χ4n) is 1.81. The van der Waals surface area contributed by atoms with Crippen LogP contribution >= 0.6 is 15.9 Å². The SMILES string of the molecule is Cc1ccc(Br)cc1NCc1ccccc1[N+](=O)[O-]. The summed E-state index contributed by atoms with van der Waals surface area (Å²) in [6.45, 7) is 2.42. The number of aryl methyl sites for hydroxylation is 1. The Kier molecular flexibility index (Phi) is 4.16. The first-order chi connectivity index (χ1) is 9.08. The van der Waals surface area contributed by atoms with Crippen molar-refractivity contribution in [2.45, 2.75) is 13.5 Å². The fraction of sp³-hybridized carbons (Fsp3) is 0.143. The molecule has 0 aliphatic carbocycles. The molecule has 0 aliphatic rings. The van der Waals surface area contributed by atoms with Crippen molar-refractivity contribution < 1.29 is 4.92 Å². The first-order valence-corrected chi connectivity index (χ1v) is 6.59. The van der Waals surface area contributed by atoms with Crippen molar-refractivity contribution in [1.29, 1.82) is 0 Å². The van der Waals surface area contributed by atoms with Gasteiger partial charge in [0.05, 0.1) is 4.92 Å². The van der Waals surface area contributed by atoms with Gasteiger partial charge in [0, 0.05) is 28.3 Å². The molecular formula is C14H13BrN2O2. The molecule has 0 spiro atoms. The lowest BCUT2D eigenvalue weighted by Crippen LogP contribution is -2.04. The van der Waals surface area contributed by atoms with E-state index in [9.17, 15) is 10.1 Å². The van der Waals surface area contributed by atoms with Gasteiger partial charge in [0.2, 0.25) is 0 Å². The van der Waals surface area contributed by atoms with E-state index in [0.717, 1.165) is 15.7 Å². The molecule has 2 aromatic rings. The van der Waals surface area contributed by atoms with Crippen LogP contribution in [-0.2, 0) is 6.54 Å². The Morgan fingerprint density at radius 1 is 1.26 bits per heavy atom. The average Bonchev–Trinajstić information content (AvgIpc) is 2.40. The van der Waals surface area contributed by atoms with E-state index in [0.29, 0.717) is 12.1 Å². The summed E-state index contributed by atoms with van der Waals surface area (Å²) in [6, 6.07) is 12.7. The minimum absolute atomic E-state index is 0.141. The smallest absolute Gasteiger partial charge is 0.274 e. The van der Waals surface area contributed by atoms with Crippen LogP contribution in [0.5, 0.6) is 0 Å². The molecule has 0 fully saturated rings. The van der Waals surface area contributed by atoms with Crippen LogP contribution in [0.3, 0.4) is 0 Å². The van der Waals surface area contributed by atoms with Gasteiger partial charge >= 0.3 is 0 Å². The van der Waals surface area contributed by atoms with Crippen LogP contribution in [0.1, 0.15) is 11.1 Å². The molecule has 19 heavy (non-hydrogen) atoms. The van der Waals surface area contributed by atoms with Gasteiger partial charge < -0.3 is 5.32 Å². The number of nitro benzene ring substituents is 1. The highest BCUT2D eigenvalue weighted by Gasteiger charge is 2.11. The molecule has 0 saturated heterocycles. The highest BCUT2D eigenvalue weighted by atomic mass is 79.9. The lowest BCUT2D eigenvalue weighted by atomic mass is 10.1. The van der Waals surface area contributed by atoms with Gasteiger partial charge in [-0.25, -0.2) is 0 Å². The van der Waals surface area contributed by atoms with E-state index in [4.69, 9.17) is 0 Å². The highest BCUT2D eigenvalue weighted by molar-refractivity contribution is 9.10. The molecule has 2 aromatic carbocycles. The molecule has 0 heterocycles. The van der Waals surface area contributed by atoms with Gasteiger partial charge in [-0.15, -0.1) is 0 Å². The van der Waals surface area contributed by atoms with Gasteiger partial charge in [-0.2, -0.15) is 0 Å². The van der Waals surface area contributed by atoms with Crippen molar-refractivity contribution in [3.8, 4) is 0 Å². The second kappa shape index (κ2) is 5.84. The molecule has 0 aliphatic heterocycles. The predicted molar refractivity (Wildman–Crippen MR) is 79.3 cm³/mol. The second-order valence-electron chi connectivity index (χ2n) is 4.20. The van der Waals surface area contributed by atoms with Gasteiger partial charge in [0.1, 0.15) is 0 Å². The Hall–Kier alpha value is -1.88. The maximum absolute atomic E-state index is 10.9. The summed E-state index contributed by atoms with van der Waals surface area (Å²) in [5, 5.41) is 14.2. The largest absolute Gasteiger partial charge is 0.380 e. The molecule has 0 saturated carbocycles. The zero-order valence-electron chi connectivity index (χ0n) is 10.4. The molecule has 0 unspecified atom stereocenters. The van der Waals surface area contributed by atoms with Gasteiger partial charge in [0.15, 0.2) is 0 Å². The second-order valence-corrected chi connectivity index (χ2v) is 5.11. The Balaban J connectivity index is 2.19. The molecule has 4 nitrogen and oxygen atoms in total. The molecule has 98 valence electrons. The summed E-state index contributed by atoms with van der Waals surface area (Å²) < 4.78 is 0.975. The Morgan fingerprint density at radius 3 is 2.74 bits per heavy atom. The van der Waals surface area contributed by atoms with Crippen LogP contribution < -0.4 is 5.32 Å². The molecular weight excluding hydrogens is 308 g/mol. The molecule has 5 heteroatoms. The van der Waals surface area contributed by atoms with Crippen molar-refractivity contribution in [2.24, 2.45) is 0 Å². The quantitative estimate of drug-likeness (QED) is 0.675. The Labute approximate surface area is 119 Å². The van der Waals surface area contributed by atoms with E-state index in [-0.39, 0.29) is 10.6 Å². The zero-order chi connectivity index (χ0) is 13.8. The Bertz CT molecular complexity index is 614. The molecule has 0 aromatic heterocycles. The minimum atomic E-state index is -0.356. The molecule has 1 N–H and O–H groups in total. The van der Waals surface area contributed by atoms with E-state index in [1.165, 1.54) is 6.07 Å². The summed E-state index contributed by atoms with van der Waals surface area (Å²) in [7, 11) is 0. The number of para-hydroxylation sites is 1. The molecule has 2 rings (SSSR count). The number of nitro groups is 1. The van der Waals surface area contributed by atoms with Gasteiger partial charge in [0.25, 0.3) is 5.69 Å². The summed E-state index contributed by atoms with van der Waals surface area (Å²) in [6.07, 6.45) is 0. The summed E-state index contributed by atoms with van der Waals surface area (Å²) in [5.41, 5.74) is 2.88. The number of anilines is 1. The van der Waals surface area contributed by atoms with Crippen molar-refractivity contribution in [3.63, 3.8) is 0 Å². The van der Waals surface area contributed by atoms with Crippen molar-refractivity contribution in [2.75, 3.05) is 5.32 Å². The summed E-state index contributed by atoms with van der Waals surface area (Å²) >= 11 is 3.41.